The molecule has 3 heterocycles. The van der Waals surface area contributed by atoms with Gasteiger partial charge in [0.05, 0.1) is 24.1 Å². The molecule has 1 aliphatic heterocycles. The summed E-state index contributed by atoms with van der Waals surface area (Å²) in [6.45, 7) is 1.66. The predicted molar refractivity (Wildman–Crippen MR) is 133 cm³/mol. The number of rotatable bonds is 9. The average molecular weight is 511 g/mol. The molecule has 186 valence electrons. The molecule has 1 unspecified atom stereocenters. The Morgan fingerprint density at radius 1 is 1.11 bits per heavy atom. The van der Waals surface area contributed by atoms with E-state index in [0.29, 0.717) is 23.1 Å². The van der Waals surface area contributed by atoms with Crippen molar-refractivity contribution in [3.63, 3.8) is 0 Å². The minimum atomic E-state index is -0.528. The third kappa shape index (κ3) is 5.53. The molecule has 0 spiro atoms. The SMILES string of the molecule is Nc1ncc(-c2ccc(SC3CCOC3)cc2)nc1-c1nnc(-c2ccc(CNCCF)cc2F)o1. The van der Waals surface area contributed by atoms with Crippen molar-refractivity contribution in [2.24, 2.45) is 0 Å². The van der Waals surface area contributed by atoms with Crippen LogP contribution in [-0.4, -0.2) is 51.8 Å². The summed E-state index contributed by atoms with van der Waals surface area (Å²) in [5.74, 6) is -0.371. The summed E-state index contributed by atoms with van der Waals surface area (Å²) in [5.41, 5.74) is 8.54. The van der Waals surface area contributed by atoms with Gasteiger partial charge in [0, 0.05) is 35.4 Å². The fraction of sp³-hybridized carbons (Fsp3) is 0.280. The summed E-state index contributed by atoms with van der Waals surface area (Å²) in [6.07, 6.45) is 2.63. The maximum absolute atomic E-state index is 14.7. The highest BCUT2D eigenvalue weighted by atomic mass is 32.2. The Labute approximate surface area is 210 Å². The Bertz CT molecular complexity index is 1330. The van der Waals surface area contributed by atoms with E-state index in [2.05, 4.69) is 25.5 Å². The molecule has 0 saturated carbocycles. The molecular formula is C25H24F2N6O2S. The van der Waals surface area contributed by atoms with E-state index in [1.54, 1.807) is 30.1 Å². The number of nitrogens with two attached hydrogens (primary N) is 1. The first kappa shape index (κ1) is 24.3. The molecule has 2 aromatic heterocycles. The lowest BCUT2D eigenvalue weighted by Crippen LogP contribution is -2.16. The number of benzene rings is 2. The molecule has 3 N–H and O–H groups in total. The molecule has 2 aromatic carbocycles. The van der Waals surface area contributed by atoms with Gasteiger partial charge in [-0.25, -0.2) is 18.7 Å². The zero-order valence-corrected chi connectivity index (χ0v) is 20.1. The van der Waals surface area contributed by atoms with Crippen LogP contribution in [0.4, 0.5) is 14.6 Å². The van der Waals surface area contributed by atoms with E-state index in [-0.39, 0.29) is 35.4 Å². The number of hydrogen-bond donors (Lipinski definition) is 2. The minimum Gasteiger partial charge on any atom is -0.414 e. The highest BCUT2D eigenvalue weighted by molar-refractivity contribution is 8.00. The lowest BCUT2D eigenvalue weighted by Gasteiger charge is -2.08. The summed E-state index contributed by atoms with van der Waals surface area (Å²) in [6, 6.07) is 12.6. The topological polar surface area (TPSA) is 112 Å². The number of hydrogen-bond acceptors (Lipinski definition) is 9. The van der Waals surface area contributed by atoms with Crippen molar-refractivity contribution in [2.45, 2.75) is 23.1 Å². The molecule has 36 heavy (non-hydrogen) atoms. The third-order valence-electron chi connectivity index (χ3n) is 5.63. The highest BCUT2D eigenvalue weighted by Crippen LogP contribution is 2.32. The van der Waals surface area contributed by atoms with E-state index < -0.39 is 12.5 Å². The van der Waals surface area contributed by atoms with Gasteiger partial charge in [0.1, 0.15) is 12.5 Å². The molecule has 0 amide bonds. The second-order valence-corrected chi connectivity index (χ2v) is 9.58. The summed E-state index contributed by atoms with van der Waals surface area (Å²) < 4.78 is 38.1. The first-order valence-corrected chi connectivity index (χ1v) is 12.4. The van der Waals surface area contributed by atoms with Gasteiger partial charge >= 0.3 is 0 Å². The van der Waals surface area contributed by atoms with E-state index in [0.717, 1.165) is 30.1 Å². The van der Waals surface area contributed by atoms with Crippen LogP contribution in [-0.2, 0) is 11.3 Å². The zero-order valence-electron chi connectivity index (χ0n) is 19.3. The molecule has 1 aliphatic rings. The number of nitrogens with zero attached hydrogens (tertiary/aromatic N) is 4. The molecule has 5 rings (SSSR count). The van der Waals surface area contributed by atoms with Crippen LogP contribution in [0.15, 0.2) is 58.0 Å². The number of nitrogens with one attached hydrogen (secondary N) is 1. The Balaban J connectivity index is 1.35. The normalized spacial score (nSPS) is 15.4. The van der Waals surface area contributed by atoms with Crippen molar-refractivity contribution < 1.29 is 17.9 Å². The van der Waals surface area contributed by atoms with Crippen LogP contribution in [0.3, 0.4) is 0 Å². The largest absolute Gasteiger partial charge is 0.414 e. The first-order chi connectivity index (χ1) is 17.6. The molecule has 0 aliphatic carbocycles. The number of halogens is 2. The van der Waals surface area contributed by atoms with Gasteiger partial charge in [0.2, 0.25) is 0 Å². The summed E-state index contributed by atoms with van der Waals surface area (Å²) >= 11 is 1.80. The number of anilines is 1. The number of aromatic nitrogens is 4. The number of nitrogen functional groups attached to an aromatic ring is 1. The lowest BCUT2D eigenvalue weighted by molar-refractivity contribution is 0.199. The van der Waals surface area contributed by atoms with E-state index in [9.17, 15) is 8.78 Å². The molecule has 4 aromatic rings. The summed E-state index contributed by atoms with van der Waals surface area (Å²) in [5, 5.41) is 11.3. The fourth-order valence-electron chi connectivity index (χ4n) is 3.77. The second kappa shape index (κ2) is 11.1. The average Bonchev–Trinajstić information content (AvgIpc) is 3.58. The maximum Gasteiger partial charge on any atom is 0.270 e. The van der Waals surface area contributed by atoms with Crippen molar-refractivity contribution in [3.05, 3.63) is 60.0 Å². The fourth-order valence-corrected chi connectivity index (χ4v) is 4.82. The van der Waals surface area contributed by atoms with Gasteiger partial charge in [-0.05, 0) is 36.2 Å². The number of ether oxygens (including phenoxy) is 1. The van der Waals surface area contributed by atoms with Crippen LogP contribution < -0.4 is 11.1 Å². The molecule has 0 bridgehead atoms. The van der Waals surface area contributed by atoms with Crippen LogP contribution in [0.1, 0.15) is 12.0 Å². The van der Waals surface area contributed by atoms with Gasteiger partial charge in [-0.3, -0.25) is 0 Å². The van der Waals surface area contributed by atoms with Crippen LogP contribution in [0, 0.1) is 5.82 Å². The molecule has 11 heteroatoms. The maximum atomic E-state index is 14.7. The Hall–Kier alpha value is -3.41. The number of alkyl halides is 1. The van der Waals surface area contributed by atoms with Crippen molar-refractivity contribution in [2.75, 3.05) is 32.2 Å². The van der Waals surface area contributed by atoms with Gasteiger partial charge in [-0.15, -0.1) is 22.0 Å². The highest BCUT2D eigenvalue weighted by Gasteiger charge is 2.20. The number of thioether (sulfide) groups is 1. The third-order valence-corrected chi connectivity index (χ3v) is 6.88. The van der Waals surface area contributed by atoms with Gasteiger partial charge in [0.15, 0.2) is 11.5 Å². The second-order valence-electron chi connectivity index (χ2n) is 8.21. The van der Waals surface area contributed by atoms with Crippen LogP contribution in [0.2, 0.25) is 0 Å². The van der Waals surface area contributed by atoms with Crippen molar-refractivity contribution in [1.29, 1.82) is 0 Å². The zero-order chi connectivity index (χ0) is 24.9. The molecule has 8 nitrogen and oxygen atoms in total. The van der Waals surface area contributed by atoms with Gasteiger partial charge in [-0.2, -0.15) is 0 Å². The molecule has 0 radical (unpaired) electrons. The molecular weight excluding hydrogens is 486 g/mol. The monoisotopic (exact) mass is 510 g/mol. The van der Waals surface area contributed by atoms with Crippen molar-refractivity contribution >= 4 is 17.6 Å². The first-order valence-electron chi connectivity index (χ1n) is 11.5. The van der Waals surface area contributed by atoms with E-state index >= 15 is 0 Å². The van der Waals surface area contributed by atoms with Crippen molar-refractivity contribution in [1.82, 2.24) is 25.5 Å². The van der Waals surface area contributed by atoms with Gasteiger partial charge in [-0.1, -0.05) is 18.2 Å². The predicted octanol–water partition coefficient (Wildman–Crippen LogP) is 4.52. The van der Waals surface area contributed by atoms with Crippen molar-refractivity contribution in [3.8, 4) is 34.3 Å². The summed E-state index contributed by atoms with van der Waals surface area (Å²) in [4.78, 5) is 9.99. The van der Waals surface area contributed by atoms with Crippen LogP contribution in [0.25, 0.3) is 34.3 Å². The smallest absolute Gasteiger partial charge is 0.270 e. The van der Waals surface area contributed by atoms with Gasteiger partial charge in [0.25, 0.3) is 11.8 Å². The lowest BCUT2D eigenvalue weighted by atomic mass is 10.1. The molecule has 1 fully saturated rings. The van der Waals surface area contributed by atoms with Gasteiger partial charge < -0.3 is 20.2 Å². The standard InChI is InChI=1S/C25H24F2N6O2S/c26-8-9-29-12-15-1-6-19(20(27)11-15)24-32-33-25(35-24)22-23(28)30-13-21(31-22)16-2-4-17(5-3-16)36-18-7-10-34-14-18/h1-6,11,13,18,29H,7-10,12,14H2,(H2,28,30). The molecule has 1 saturated heterocycles. The minimum absolute atomic E-state index is 0.00496. The van der Waals surface area contributed by atoms with E-state index in [4.69, 9.17) is 14.9 Å². The molecule has 1 atom stereocenters. The van der Waals surface area contributed by atoms with Crippen LogP contribution in [0.5, 0.6) is 0 Å². The Kier molecular flexibility index (Phi) is 7.49. The van der Waals surface area contributed by atoms with E-state index in [1.165, 1.54) is 6.07 Å². The van der Waals surface area contributed by atoms with E-state index in [1.807, 2.05) is 24.3 Å². The van der Waals surface area contributed by atoms with Crippen LogP contribution >= 0.6 is 11.8 Å². The Morgan fingerprint density at radius 2 is 1.94 bits per heavy atom. The summed E-state index contributed by atoms with van der Waals surface area (Å²) in [7, 11) is 0. The quantitative estimate of drug-likeness (QED) is 0.314. The Morgan fingerprint density at radius 3 is 2.69 bits per heavy atom.